The maximum absolute atomic E-state index is 13.3. The number of hydrogen-bond donors (Lipinski definition) is 0. The summed E-state index contributed by atoms with van der Waals surface area (Å²) in [6.07, 6.45) is 2.68. The van der Waals surface area contributed by atoms with Crippen molar-refractivity contribution >= 4 is 22.5 Å². The number of carbonyl (C=O) groups is 1. The molecule has 0 bridgehead atoms. The molecule has 3 aromatic rings. The lowest BCUT2D eigenvalue weighted by Crippen LogP contribution is -2.49. The zero-order valence-electron chi connectivity index (χ0n) is 17.3. The third-order valence-electron chi connectivity index (χ3n) is 6.36. The predicted molar refractivity (Wildman–Crippen MR) is 118 cm³/mol. The van der Waals surface area contributed by atoms with Crippen LogP contribution in [0.1, 0.15) is 28.9 Å². The lowest BCUT2D eigenvalue weighted by atomic mass is 10.1. The molecule has 1 amide bonds. The molecule has 6 heteroatoms. The Hall–Kier alpha value is -3.28. The highest BCUT2D eigenvalue weighted by Gasteiger charge is 2.28. The number of benzene rings is 2. The molecule has 1 aromatic heterocycles. The number of pyridine rings is 1. The highest BCUT2D eigenvalue weighted by molar-refractivity contribution is 5.98. The highest BCUT2D eigenvalue weighted by atomic mass is 16.5. The van der Waals surface area contributed by atoms with E-state index >= 15 is 0 Å². The van der Waals surface area contributed by atoms with Gasteiger partial charge in [-0.2, -0.15) is 0 Å². The molecule has 3 heterocycles. The molecule has 1 saturated heterocycles. The summed E-state index contributed by atoms with van der Waals surface area (Å²) in [6, 6.07) is 14.0. The molecule has 0 radical (unpaired) electrons. The number of aromatic nitrogens is 1. The molecule has 1 atom stereocenters. The molecule has 2 aromatic carbocycles. The Kier molecular flexibility index (Phi) is 4.50. The summed E-state index contributed by atoms with van der Waals surface area (Å²) in [6.45, 7) is 4.79. The molecule has 30 heavy (non-hydrogen) atoms. The zero-order valence-corrected chi connectivity index (χ0v) is 17.3. The first-order valence-electron chi connectivity index (χ1n) is 10.4. The Morgan fingerprint density at radius 1 is 1.03 bits per heavy atom. The van der Waals surface area contributed by atoms with E-state index in [-0.39, 0.29) is 22.9 Å². The molecule has 6 nitrogen and oxygen atoms in total. The van der Waals surface area contributed by atoms with Gasteiger partial charge >= 0.3 is 0 Å². The van der Waals surface area contributed by atoms with Gasteiger partial charge in [0, 0.05) is 49.5 Å². The first-order valence-corrected chi connectivity index (χ1v) is 10.4. The van der Waals surface area contributed by atoms with Crippen LogP contribution in [-0.4, -0.2) is 48.7 Å². The minimum absolute atomic E-state index is 0.153. The van der Waals surface area contributed by atoms with E-state index in [0.29, 0.717) is 18.5 Å². The van der Waals surface area contributed by atoms with Gasteiger partial charge in [0.1, 0.15) is 11.3 Å². The van der Waals surface area contributed by atoms with Gasteiger partial charge in [0.25, 0.3) is 5.91 Å². The molecular formula is C24H25N3O3. The van der Waals surface area contributed by atoms with Crippen molar-refractivity contribution in [2.24, 2.45) is 0 Å². The third kappa shape index (κ3) is 2.95. The SMILES string of the molecule is COc1ccc(N2CCN(C(=O)c3cn4c5c(cccc5c3=O)C[C@H]4C)CC2)cc1. The smallest absolute Gasteiger partial charge is 0.259 e. The molecule has 154 valence electrons. The first-order chi connectivity index (χ1) is 14.6. The summed E-state index contributed by atoms with van der Waals surface area (Å²) >= 11 is 0. The van der Waals surface area contributed by atoms with Gasteiger partial charge in [-0.05, 0) is 49.2 Å². The fourth-order valence-corrected chi connectivity index (χ4v) is 4.70. The number of anilines is 1. The van der Waals surface area contributed by atoms with E-state index < -0.39 is 0 Å². The fraction of sp³-hybridized carbons (Fsp3) is 0.333. The van der Waals surface area contributed by atoms with Gasteiger partial charge in [-0.15, -0.1) is 0 Å². The molecule has 5 rings (SSSR count). The number of rotatable bonds is 3. The van der Waals surface area contributed by atoms with Crippen LogP contribution in [0.15, 0.2) is 53.5 Å². The van der Waals surface area contributed by atoms with Gasteiger partial charge in [-0.25, -0.2) is 0 Å². The van der Waals surface area contributed by atoms with Crippen LogP contribution in [0.25, 0.3) is 10.9 Å². The number of piperazine rings is 1. The Morgan fingerprint density at radius 2 is 1.77 bits per heavy atom. The molecule has 1 fully saturated rings. The number of ether oxygens (including phenoxy) is 1. The van der Waals surface area contributed by atoms with E-state index in [1.807, 2.05) is 36.4 Å². The third-order valence-corrected chi connectivity index (χ3v) is 6.36. The lowest BCUT2D eigenvalue weighted by Gasteiger charge is -2.36. The number of methoxy groups -OCH3 is 1. The number of nitrogens with zero attached hydrogens (tertiary/aromatic N) is 3. The van der Waals surface area contributed by atoms with Crippen molar-refractivity contribution in [1.82, 2.24) is 9.47 Å². The van der Waals surface area contributed by atoms with E-state index in [4.69, 9.17) is 4.74 Å². The van der Waals surface area contributed by atoms with Crippen molar-refractivity contribution in [3.05, 3.63) is 70.0 Å². The monoisotopic (exact) mass is 403 g/mol. The predicted octanol–water partition coefficient (Wildman–Crippen LogP) is 3.09. The van der Waals surface area contributed by atoms with E-state index in [2.05, 4.69) is 22.5 Å². The van der Waals surface area contributed by atoms with E-state index in [0.717, 1.165) is 36.5 Å². The van der Waals surface area contributed by atoms with Crippen LogP contribution in [0.5, 0.6) is 5.75 Å². The van der Waals surface area contributed by atoms with Crippen molar-refractivity contribution in [2.75, 3.05) is 38.2 Å². The standard InChI is InChI=1S/C24H25N3O3/c1-16-14-17-4-3-5-20-22(17)27(16)15-21(23(20)28)24(29)26-12-10-25(11-13-26)18-6-8-19(30-2)9-7-18/h3-9,15-16H,10-14H2,1-2H3/t16-/m1/s1. The normalized spacial score (nSPS) is 18.1. The van der Waals surface area contributed by atoms with Gasteiger partial charge in [0.15, 0.2) is 0 Å². The second kappa shape index (κ2) is 7.20. The Bertz CT molecular complexity index is 1170. The van der Waals surface area contributed by atoms with Crippen molar-refractivity contribution in [3.8, 4) is 5.75 Å². The molecule has 0 aliphatic carbocycles. The summed E-state index contributed by atoms with van der Waals surface area (Å²) in [5.74, 6) is 0.666. The van der Waals surface area contributed by atoms with Gasteiger partial charge in [0.05, 0.1) is 12.6 Å². The van der Waals surface area contributed by atoms with Gasteiger partial charge < -0.3 is 19.1 Å². The molecule has 2 aliphatic rings. The summed E-state index contributed by atoms with van der Waals surface area (Å²) < 4.78 is 7.33. The summed E-state index contributed by atoms with van der Waals surface area (Å²) in [5.41, 5.74) is 3.41. The number of carbonyl (C=O) groups excluding carboxylic acids is 1. The zero-order chi connectivity index (χ0) is 20.8. The number of para-hydroxylation sites is 1. The van der Waals surface area contributed by atoms with Gasteiger partial charge in [0.2, 0.25) is 5.43 Å². The van der Waals surface area contributed by atoms with Crippen LogP contribution in [0.2, 0.25) is 0 Å². The average molecular weight is 403 g/mol. The van der Waals surface area contributed by atoms with Crippen molar-refractivity contribution in [1.29, 1.82) is 0 Å². The average Bonchev–Trinajstić information content (AvgIpc) is 3.11. The molecule has 2 aliphatic heterocycles. The summed E-state index contributed by atoms with van der Waals surface area (Å²) in [4.78, 5) is 30.4. The van der Waals surface area contributed by atoms with Gasteiger partial charge in [-0.1, -0.05) is 12.1 Å². The van der Waals surface area contributed by atoms with Crippen LogP contribution < -0.4 is 15.1 Å². The maximum atomic E-state index is 13.3. The molecule has 0 spiro atoms. The molecular weight excluding hydrogens is 378 g/mol. The maximum Gasteiger partial charge on any atom is 0.259 e. The summed E-state index contributed by atoms with van der Waals surface area (Å²) in [5, 5.41) is 0.652. The Balaban J connectivity index is 1.38. The van der Waals surface area contributed by atoms with E-state index in [1.165, 1.54) is 5.56 Å². The van der Waals surface area contributed by atoms with Crippen LogP contribution in [-0.2, 0) is 6.42 Å². The number of amides is 1. The second-order valence-corrected chi connectivity index (χ2v) is 8.12. The minimum Gasteiger partial charge on any atom is -0.497 e. The second-order valence-electron chi connectivity index (χ2n) is 8.12. The molecule has 0 unspecified atom stereocenters. The largest absolute Gasteiger partial charge is 0.497 e. The van der Waals surface area contributed by atoms with Crippen molar-refractivity contribution in [2.45, 2.75) is 19.4 Å². The molecule has 0 N–H and O–H groups in total. The van der Waals surface area contributed by atoms with E-state index in [1.54, 1.807) is 18.2 Å². The highest BCUT2D eigenvalue weighted by Crippen LogP contribution is 2.31. The van der Waals surface area contributed by atoms with Crippen LogP contribution in [0.3, 0.4) is 0 Å². The summed E-state index contributed by atoms with van der Waals surface area (Å²) in [7, 11) is 1.66. The van der Waals surface area contributed by atoms with Crippen LogP contribution in [0.4, 0.5) is 5.69 Å². The van der Waals surface area contributed by atoms with Crippen LogP contribution in [0, 0.1) is 0 Å². The van der Waals surface area contributed by atoms with Gasteiger partial charge in [-0.3, -0.25) is 9.59 Å². The lowest BCUT2D eigenvalue weighted by molar-refractivity contribution is 0.0745. The topological polar surface area (TPSA) is 54.8 Å². The fourth-order valence-electron chi connectivity index (χ4n) is 4.70. The van der Waals surface area contributed by atoms with E-state index in [9.17, 15) is 9.59 Å². The minimum atomic E-state index is -0.162. The van der Waals surface area contributed by atoms with Crippen molar-refractivity contribution < 1.29 is 9.53 Å². The first kappa shape index (κ1) is 18.7. The Morgan fingerprint density at radius 3 is 2.47 bits per heavy atom. The number of hydrogen-bond acceptors (Lipinski definition) is 4. The quantitative estimate of drug-likeness (QED) is 0.674. The van der Waals surface area contributed by atoms with Crippen molar-refractivity contribution in [3.63, 3.8) is 0 Å². The molecule has 0 saturated carbocycles. The Labute approximate surface area is 175 Å². The van der Waals surface area contributed by atoms with Crippen LogP contribution >= 0.6 is 0 Å².